The molecule has 1 nitrogen and oxygen atoms in total. The van der Waals surface area contributed by atoms with Crippen LogP contribution in [0.5, 0.6) is 5.75 Å². The summed E-state index contributed by atoms with van der Waals surface area (Å²) in [5.41, 5.74) is 1.41. The fourth-order valence-corrected chi connectivity index (χ4v) is 2.29. The maximum absolute atomic E-state index is 6.41. The van der Waals surface area contributed by atoms with E-state index in [1.165, 1.54) is 0 Å². The van der Waals surface area contributed by atoms with Crippen molar-refractivity contribution in [1.29, 1.82) is 0 Å². The molecule has 0 radical (unpaired) electrons. The summed E-state index contributed by atoms with van der Waals surface area (Å²) in [4.78, 5) is 0. The van der Waals surface area contributed by atoms with E-state index >= 15 is 0 Å². The van der Waals surface area contributed by atoms with E-state index in [-0.39, 0.29) is 16.9 Å². The Balaban J connectivity index is 2.67. The highest BCUT2D eigenvalue weighted by atomic mass is 35.5. The Morgan fingerprint density at radius 3 is 2.06 bits per heavy atom. The Morgan fingerprint density at radius 2 is 1.65 bits per heavy atom. The van der Waals surface area contributed by atoms with E-state index in [1.807, 2.05) is 26.0 Å². The smallest absolute Gasteiger partial charge is 0.119 e. The summed E-state index contributed by atoms with van der Waals surface area (Å²) < 4.78 is 5.61. The van der Waals surface area contributed by atoms with Gasteiger partial charge in [0.15, 0.2) is 0 Å². The monoisotopic (exact) mass is 254 g/mol. The second-order valence-corrected chi connectivity index (χ2v) is 6.49. The summed E-state index contributed by atoms with van der Waals surface area (Å²) in [5, 5.41) is 0.0723. The first-order valence-electron chi connectivity index (χ1n) is 6.18. The summed E-state index contributed by atoms with van der Waals surface area (Å²) in [6.07, 6.45) is 1.18. The molecule has 0 amide bonds. The van der Waals surface area contributed by atoms with Gasteiger partial charge in [0.2, 0.25) is 0 Å². The molecule has 0 aliphatic carbocycles. The van der Waals surface area contributed by atoms with Crippen molar-refractivity contribution in [1.82, 2.24) is 0 Å². The minimum atomic E-state index is 0.0723. The third kappa shape index (κ3) is 5.45. The van der Waals surface area contributed by atoms with Gasteiger partial charge in [-0.3, -0.25) is 0 Å². The second kappa shape index (κ2) is 5.77. The van der Waals surface area contributed by atoms with Crippen molar-refractivity contribution < 1.29 is 4.74 Å². The molecule has 0 aromatic heterocycles. The molecule has 1 aromatic rings. The van der Waals surface area contributed by atoms with E-state index in [1.54, 1.807) is 0 Å². The van der Waals surface area contributed by atoms with E-state index in [2.05, 4.69) is 32.9 Å². The predicted molar refractivity (Wildman–Crippen MR) is 74.9 cm³/mol. The first kappa shape index (κ1) is 14.4. The van der Waals surface area contributed by atoms with Crippen LogP contribution in [0.15, 0.2) is 24.3 Å². The molecular formula is C15H23ClO. The third-order valence-corrected chi connectivity index (χ3v) is 2.81. The van der Waals surface area contributed by atoms with E-state index in [0.717, 1.165) is 17.7 Å². The molecule has 1 atom stereocenters. The molecule has 2 heteroatoms. The maximum Gasteiger partial charge on any atom is 0.119 e. The predicted octanol–water partition coefficient (Wildman–Crippen LogP) is 5.19. The van der Waals surface area contributed by atoms with Crippen LogP contribution in [0.1, 0.15) is 52.0 Å². The quantitative estimate of drug-likeness (QED) is 0.672. The molecule has 1 rings (SSSR count). The van der Waals surface area contributed by atoms with Gasteiger partial charge in [-0.1, -0.05) is 32.9 Å². The number of hydrogen-bond donors (Lipinski definition) is 0. The largest absolute Gasteiger partial charge is 0.491 e. The Labute approximate surface area is 110 Å². The normalized spacial score (nSPS) is 13.8. The average Bonchev–Trinajstić information content (AvgIpc) is 2.15. The Bertz CT molecular complexity index is 335. The van der Waals surface area contributed by atoms with Gasteiger partial charge in [-0.15, -0.1) is 11.6 Å². The molecule has 1 unspecified atom stereocenters. The van der Waals surface area contributed by atoms with Gasteiger partial charge in [-0.25, -0.2) is 0 Å². The zero-order valence-corrected chi connectivity index (χ0v) is 12.2. The van der Waals surface area contributed by atoms with Gasteiger partial charge in [0.1, 0.15) is 5.75 Å². The average molecular weight is 255 g/mol. The van der Waals surface area contributed by atoms with Crippen molar-refractivity contribution in [2.24, 2.45) is 5.41 Å². The molecule has 0 heterocycles. The number of rotatable bonds is 4. The zero-order valence-electron chi connectivity index (χ0n) is 11.5. The van der Waals surface area contributed by atoms with Crippen LogP contribution in [0.25, 0.3) is 0 Å². The highest BCUT2D eigenvalue weighted by molar-refractivity contribution is 6.20. The molecule has 0 fully saturated rings. The van der Waals surface area contributed by atoms with Crippen molar-refractivity contribution in [3.63, 3.8) is 0 Å². The van der Waals surface area contributed by atoms with Crippen molar-refractivity contribution in [3.05, 3.63) is 29.8 Å². The maximum atomic E-state index is 6.41. The summed E-state index contributed by atoms with van der Waals surface area (Å²) in [6.45, 7) is 10.7. The lowest BCUT2D eigenvalue weighted by Gasteiger charge is -2.22. The number of hydrogen-bond acceptors (Lipinski definition) is 1. The Kier molecular flexibility index (Phi) is 4.88. The topological polar surface area (TPSA) is 9.23 Å². The van der Waals surface area contributed by atoms with Crippen LogP contribution < -0.4 is 4.74 Å². The minimum Gasteiger partial charge on any atom is -0.491 e. The minimum absolute atomic E-state index is 0.0723. The highest BCUT2D eigenvalue weighted by Gasteiger charge is 2.18. The standard InChI is InChI=1S/C15H23ClO/c1-11(2)17-13-8-6-12(7-9-13)14(16)10-15(3,4)5/h6-9,11,14H,10H2,1-5H3. The number of alkyl halides is 1. The molecule has 0 spiro atoms. The fourth-order valence-electron chi connectivity index (χ4n) is 1.68. The molecule has 0 saturated heterocycles. The molecule has 0 bridgehead atoms. The van der Waals surface area contributed by atoms with Crippen LogP contribution in [-0.2, 0) is 0 Å². The van der Waals surface area contributed by atoms with Crippen molar-refractivity contribution in [3.8, 4) is 5.75 Å². The van der Waals surface area contributed by atoms with Crippen LogP contribution in [0.4, 0.5) is 0 Å². The van der Waals surface area contributed by atoms with Crippen molar-refractivity contribution in [2.45, 2.75) is 52.5 Å². The van der Waals surface area contributed by atoms with E-state index in [0.29, 0.717) is 0 Å². The van der Waals surface area contributed by atoms with Gasteiger partial charge in [-0.2, -0.15) is 0 Å². The van der Waals surface area contributed by atoms with Gasteiger partial charge in [-0.05, 0) is 43.4 Å². The van der Waals surface area contributed by atoms with Gasteiger partial charge in [0.05, 0.1) is 11.5 Å². The van der Waals surface area contributed by atoms with Crippen molar-refractivity contribution in [2.75, 3.05) is 0 Å². The number of halogens is 1. The van der Waals surface area contributed by atoms with Crippen LogP contribution in [0, 0.1) is 5.41 Å². The molecule has 96 valence electrons. The molecular weight excluding hydrogens is 232 g/mol. The van der Waals surface area contributed by atoms with E-state index in [9.17, 15) is 0 Å². The zero-order chi connectivity index (χ0) is 13.1. The highest BCUT2D eigenvalue weighted by Crippen LogP contribution is 2.34. The summed E-state index contributed by atoms with van der Waals surface area (Å²) in [6, 6.07) is 8.10. The second-order valence-electron chi connectivity index (χ2n) is 5.97. The van der Waals surface area contributed by atoms with Gasteiger partial charge < -0.3 is 4.74 Å². The van der Waals surface area contributed by atoms with E-state index < -0.39 is 0 Å². The summed E-state index contributed by atoms with van der Waals surface area (Å²) in [7, 11) is 0. The molecule has 1 aromatic carbocycles. The first-order valence-corrected chi connectivity index (χ1v) is 6.62. The van der Waals surface area contributed by atoms with Crippen LogP contribution in [0.2, 0.25) is 0 Å². The van der Waals surface area contributed by atoms with Crippen LogP contribution in [0.3, 0.4) is 0 Å². The van der Waals surface area contributed by atoms with Crippen LogP contribution in [-0.4, -0.2) is 6.10 Å². The summed E-state index contributed by atoms with van der Waals surface area (Å²) in [5.74, 6) is 0.906. The molecule has 0 saturated carbocycles. The lowest BCUT2D eigenvalue weighted by molar-refractivity contribution is 0.242. The van der Waals surface area contributed by atoms with Gasteiger partial charge in [0.25, 0.3) is 0 Å². The lowest BCUT2D eigenvalue weighted by atomic mass is 9.88. The summed E-state index contributed by atoms with van der Waals surface area (Å²) >= 11 is 6.41. The first-order chi connectivity index (χ1) is 7.78. The van der Waals surface area contributed by atoms with Gasteiger partial charge >= 0.3 is 0 Å². The molecule has 0 N–H and O–H groups in total. The molecule has 0 aliphatic rings. The molecule has 0 aliphatic heterocycles. The molecule has 17 heavy (non-hydrogen) atoms. The van der Waals surface area contributed by atoms with Gasteiger partial charge in [0, 0.05) is 0 Å². The van der Waals surface area contributed by atoms with E-state index in [4.69, 9.17) is 16.3 Å². The number of ether oxygens (including phenoxy) is 1. The third-order valence-electron chi connectivity index (χ3n) is 2.41. The van der Waals surface area contributed by atoms with Crippen molar-refractivity contribution >= 4 is 11.6 Å². The lowest BCUT2D eigenvalue weighted by Crippen LogP contribution is -2.09. The SMILES string of the molecule is CC(C)Oc1ccc(C(Cl)CC(C)(C)C)cc1. The Morgan fingerprint density at radius 1 is 1.12 bits per heavy atom. The van der Waals surface area contributed by atoms with Crippen LogP contribution >= 0.6 is 11.6 Å². The Hall–Kier alpha value is -0.690. The number of benzene rings is 1. The fraction of sp³-hybridized carbons (Fsp3) is 0.600.